The van der Waals surface area contributed by atoms with E-state index in [2.05, 4.69) is 381 Å². The first-order valence-corrected chi connectivity index (χ1v) is 42.9. The van der Waals surface area contributed by atoms with Crippen LogP contribution in [0.15, 0.2) is 437 Å². The van der Waals surface area contributed by atoms with Crippen LogP contribution in [0.3, 0.4) is 0 Å². The number of fused-ring (bicyclic) bond motifs is 20. The van der Waals surface area contributed by atoms with Crippen LogP contribution in [0, 0.1) is 0 Å². The van der Waals surface area contributed by atoms with Crippen molar-refractivity contribution in [3.63, 3.8) is 0 Å². The second-order valence-corrected chi connectivity index (χ2v) is 33.0. The van der Waals surface area contributed by atoms with Crippen molar-refractivity contribution in [3.05, 3.63) is 482 Å². The SMILES string of the molecule is c1ccc(C2(c3ccccc3)c3ccccc3-c3cc4c(-c5cccc(-c6ccc(-c7cc8cccnc8c8ncccc78)c7cccnc67)c5)nc5ccccc5c4cc32)cc1.c1ccc(C2(c3ccccc3)c3ccccc3-c3cc4c(-c5cccc(-c6ccc7cc(-c8cc9cccnc9c9ncccc89)ccc7n6)c5)nc5ccccc5c4cc32)cc1. The predicted molar refractivity (Wildman–Crippen MR) is 518 cm³/mol. The zero-order chi connectivity index (χ0) is 83.0. The fraction of sp³-hybridized carbons (Fsp3) is 0.0169. The van der Waals surface area contributed by atoms with E-state index < -0.39 is 10.8 Å². The van der Waals surface area contributed by atoms with Crippen molar-refractivity contribution in [2.45, 2.75) is 10.8 Å². The lowest BCUT2D eigenvalue weighted by atomic mass is 9.67. The number of para-hydroxylation sites is 2. The van der Waals surface area contributed by atoms with E-state index in [0.29, 0.717) is 0 Å². The highest BCUT2D eigenvalue weighted by molar-refractivity contribution is 6.18. The van der Waals surface area contributed by atoms with E-state index in [1.54, 1.807) is 0 Å². The van der Waals surface area contributed by atoms with Gasteiger partial charge in [0, 0.05) is 107 Å². The van der Waals surface area contributed by atoms with Gasteiger partial charge in [-0.15, -0.1) is 0 Å². The zero-order valence-electron chi connectivity index (χ0n) is 68.1. The molecule has 0 saturated heterocycles. The average Bonchev–Trinajstić information content (AvgIpc) is 1.52. The van der Waals surface area contributed by atoms with E-state index in [0.717, 1.165) is 165 Å². The molecular formula is C118H72N8. The first kappa shape index (κ1) is 72.2. The Hall–Kier alpha value is -16.7. The van der Waals surface area contributed by atoms with Gasteiger partial charge in [0.2, 0.25) is 0 Å². The van der Waals surface area contributed by atoms with Crippen molar-refractivity contribution in [1.82, 2.24) is 39.9 Å². The van der Waals surface area contributed by atoms with E-state index in [1.807, 2.05) is 61.3 Å². The van der Waals surface area contributed by atoms with Gasteiger partial charge in [-0.3, -0.25) is 24.9 Å². The molecule has 0 fully saturated rings. The minimum Gasteiger partial charge on any atom is -0.256 e. The second-order valence-electron chi connectivity index (χ2n) is 33.0. The monoisotopic (exact) mass is 1600 g/mol. The number of aromatic nitrogens is 8. The van der Waals surface area contributed by atoms with Gasteiger partial charge in [-0.2, -0.15) is 0 Å². The maximum absolute atomic E-state index is 5.49. The lowest BCUT2D eigenvalue weighted by molar-refractivity contribution is 0.769. The summed E-state index contributed by atoms with van der Waals surface area (Å²) in [6.45, 7) is 0. The molecule has 8 aromatic heterocycles. The summed E-state index contributed by atoms with van der Waals surface area (Å²) >= 11 is 0. The summed E-state index contributed by atoms with van der Waals surface area (Å²) < 4.78 is 0. The summed E-state index contributed by atoms with van der Waals surface area (Å²) in [5.41, 5.74) is 34.2. The Bertz CT molecular complexity index is 8530. The van der Waals surface area contributed by atoms with Gasteiger partial charge in [0.1, 0.15) is 0 Å². The standard InChI is InChI=1S/2C59H36N4/c1-3-18-40(19-4-1)59(41-20-5-2-6-21-41)52-26-9-7-22-44(52)50-35-51-49(36-53(50)59)45-23-8-10-27-54(45)63-55(51)38-16-11-15-37(33-38)42-28-29-43(46-24-13-31-61-57(42)46)48-34-39-17-12-30-60-56(39)58-47(48)25-14-32-62-58;1-3-17-42(18-4-1)59(43-19-5-2-6-20-43)51-24-9-7-21-44(51)49-35-50-48(36-52(49)59)45-22-8-10-25-55(45)63-56(50)40-15-11-14-38(33-40)53-29-27-39-32-37(26-28-54(39)62-53)47-34-41-16-12-30-60-57(41)58-46(47)23-13-31-61-58/h2*1-36H. The van der Waals surface area contributed by atoms with Crippen molar-refractivity contribution < 1.29 is 0 Å². The number of pyridine rings is 8. The highest BCUT2D eigenvalue weighted by atomic mass is 14.8. The minimum absolute atomic E-state index is 0.493. The van der Waals surface area contributed by atoms with E-state index in [4.69, 9.17) is 34.9 Å². The summed E-state index contributed by atoms with van der Waals surface area (Å²) in [6.07, 6.45) is 9.25. The van der Waals surface area contributed by atoms with Crippen LogP contribution in [0.1, 0.15) is 44.5 Å². The maximum Gasteiger partial charge on any atom is 0.0970 e. The molecule has 0 bridgehead atoms. The molecule has 0 unspecified atom stereocenters. The molecule has 126 heavy (non-hydrogen) atoms. The van der Waals surface area contributed by atoms with Crippen molar-refractivity contribution in [2.75, 3.05) is 0 Å². The minimum atomic E-state index is -0.500. The first-order chi connectivity index (χ1) is 62.5. The van der Waals surface area contributed by atoms with Gasteiger partial charge >= 0.3 is 0 Å². The highest BCUT2D eigenvalue weighted by Crippen LogP contribution is 2.60. The van der Waals surface area contributed by atoms with Crippen LogP contribution < -0.4 is 0 Å². The van der Waals surface area contributed by atoms with Crippen molar-refractivity contribution in [1.29, 1.82) is 0 Å². The summed E-state index contributed by atoms with van der Waals surface area (Å²) in [5.74, 6) is 0. The van der Waals surface area contributed by atoms with Crippen LogP contribution in [0.25, 0.3) is 198 Å². The third kappa shape index (κ3) is 11.2. The molecule has 24 aromatic rings. The number of rotatable bonds is 10. The summed E-state index contributed by atoms with van der Waals surface area (Å²) in [6, 6.07) is 147. The van der Waals surface area contributed by atoms with Gasteiger partial charge in [0.05, 0.1) is 72.0 Å². The fourth-order valence-corrected chi connectivity index (χ4v) is 21.0. The Morgan fingerprint density at radius 3 is 1.10 bits per heavy atom. The molecular weight excluding hydrogens is 1530 g/mol. The summed E-state index contributed by atoms with van der Waals surface area (Å²) in [7, 11) is 0. The third-order valence-corrected chi connectivity index (χ3v) is 26.4. The Morgan fingerprint density at radius 1 is 0.167 bits per heavy atom. The van der Waals surface area contributed by atoms with Crippen LogP contribution in [0.2, 0.25) is 0 Å². The van der Waals surface area contributed by atoms with Crippen LogP contribution in [-0.4, -0.2) is 39.9 Å². The predicted octanol–water partition coefficient (Wildman–Crippen LogP) is 28.8. The van der Waals surface area contributed by atoms with Crippen LogP contribution in [0.5, 0.6) is 0 Å². The van der Waals surface area contributed by atoms with Crippen LogP contribution in [0.4, 0.5) is 0 Å². The molecule has 16 aromatic carbocycles. The Balaban J connectivity index is 0.000000137. The lowest BCUT2D eigenvalue weighted by Crippen LogP contribution is -2.28. The van der Waals surface area contributed by atoms with Crippen molar-refractivity contribution in [2.24, 2.45) is 0 Å². The maximum atomic E-state index is 5.49. The average molecular weight is 1600 g/mol. The Kier molecular flexibility index (Phi) is 16.6. The number of benzene rings is 16. The van der Waals surface area contributed by atoms with Gasteiger partial charge in [-0.25, -0.2) is 15.0 Å². The molecule has 0 N–H and O–H groups in total. The van der Waals surface area contributed by atoms with Gasteiger partial charge in [-0.05, 0) is 215 Å². The zero-order valence-corrected chi connectivity index (χ0v) is 68.1. The number of hydrogen-bond donors (Lipinski definition) is 0. The molecule has 2 aliphatic rings. The topological polar surface area (TPSA) is 103 Å². The normalized spacial score (nSPS) is 12.9. The van der Waals surface area contributed by atoms with Gasteiger partial charge < -0.3 is 0 Å². The van der Waals surface area contributed by atoms with E-state index in [9.17, 15) is 0 Å². The molecule has 0 spiro atoms. The number of nitrogens with zero attached hydrogens (tertiary/aromatic N) is 8. The number of hydrogen-bond acceptors (Lipinski definition) is 8. The van der Waals surface area contributed by atoms with Gasteiger partial charge in [-0.1, -0.05) is 297 Å². The summed E-state index contributed by atoms with van der Waals surface area (Å²) in [5, 5.41) is 13.3. The van der Waals surface area contributed by atoms with Crippen LogP contribution in [-0.2, 0) is 10.8 Å². The molecule has 0 amide bonds. The molecule has 8 nitrogen and oxygen atoms in total. The lowest BCUT2D eigenvalue weighted by Gasteiger charge is -2.34. The second kappa shape index (κ2) is 29.0. The van der Waals surface area contributed by atoms with Crippen molar-refractivity contribution in [3.8, 4) is 89.4 Å². The summed E-state index contributed by atoms with van der Waals surface area (Å²) in [4.78, 5) is 40.1. The van der Waals surface area contributed by atoms with E-state index >= 15 is 0 Å². The largest absolute Gasteiger partial charge is 0.256 e. The Morgan fingerprint density at radius 2 is 0.571 bits per heavy atom. The Labute approximate surface area is 725 Å². The highest BCUT2D eigenvalue weighted by Gasteiger charge is 2.48. The quantitative estimate of drug-likeness (QED) is 0.125. The molecule has 0 saturated carbocycles. The molecule has 8 heterocycles. The first-order valence-electron chi connectivity index (χ1n) is 42.9. The van der Waals surface area contributed by atoms with Gasteiger partial charge in [0.25, 0.3) is 0 Å². The fourth-order valence-electron chi connectivity index (χ4n) is 21.0. The molecule has 584 valence electrons. The van der Waals surface area contributed by atoms with Gasteiger partial charge in [0.15, 0.2) is 0 Å². The van der Waals surface area contributed by atoms with Crippen LogP contribution >= 0.6 is 0 Å². The molecule has 8 heteroatoms. The molecule has 2 aliphatic carbocycles. The smallest absolute Gasteiger partial charge is 0.0970 e. The molecule has 0 aliphatic heterocycles. The molecule has 26 rings (SSSR count). The third-order valence-electron chi connectivity index (χ3n) is 26.4. The van der Waals surface area contributed by atoms with Crippen molar-refractivity contribution >= 4 is 109 Å². The van der Waals surface area contributed by atoms with E-state index in [-0.39, 0.29) is 0 Å². The molecule has 0 radical (unpaired) electrons. The molecule has 0 atom stereocenters. The van der Waals surface area contributed by atoms with E-state index in [1.165, 1.54) is 77.5 Å².